The third-order valence-corrected chi connectivity index (χ3v) is 3.07. The first kappa shape index (κ1) is 9.88. The minimum atomic E-state index is -0.882. The van der Waals surface area contributed by atoms with Gasteiger partial charge >= 0.3 is 0 Å². The molecule has 16 heavy (non-hydrogen) atoms. The lowest BCUT2D eigenvalue weighted by Gasteiger charge is -2.20. The fourth-order valence-electron chi connectivity index (χ4n) is 2.11. The van der Waals surface area contributed by atoms with Gasteiger partial charge in [0, 0.05) is 13.8 Å². The topological polar surface area (TPSA) is 29.1 Å². The van der Waals surface area contributed by atoms with Crippen LogP contribution < -0.4 is 5.32 Å². The second kappa shape index (κ2) is 5.69. The molecule has 1 saturated carbocycles. The summed E-state index contributed by atoms with van der Waals surface area (Å²) in [6.07, 6.45) is 4.57. The molecule has 1 aromatic carbocycles. The summed E-state index contributed by atoms with van der Waals surface area (Å²) in [6.45, 7) is 0.528. The van der Waals surface area contributed by atoms with Gasteiger partial charge in [0.25, 0.3) is 0 Å². The monoisotopic (exact) mass is 218 g/mol. The Morgan fingerprint density at radius 1 is 1.25 bits per heavy atom. The molecule has 1 aromatic rings. The van der Waals surface area contributed by atoms with Crippen molar-refractivity contribution in [1.82, 2.24) is 5.32 Å². The van der Waals surface area contributed by atoms with Crippen molar-refractivity contribution in [1.29, 1.82) is 0 Å². The van der Waals surface area contributed by atoms with Crippen LogP contribution in [0.25, 0.3) is 0 Å². The van der Waals surface area contributed by atoms with Crippen LogP contribution in [0.5, 0.6) is 0 Å². The van der Waals surface area contributed by atoms with Crippen molar-refractivity contribution in [2.24, 2.45) is 5.89 Å². The highest BCUT2D eigenvalue weighted by Crippen LogP contribution is 2.23. The molecular formula is C14H19NO. The molecule has 1 aliphatic carbocycles. The van der Waals surface area contributed by atoms with Crippen LogP contribution >= 0.6 is 0 Å². The highest BCUT2D eigenvalue weighted by molar-refractivity contribution is 5.78. The first-order chi connectivity index (χ1) is 8.21. The Balaban J connectivity index is 1.88. The minimum absolute atomic E-state index is 0.110. The van der Waals surface area contributed by atoms with Gasteiger partial charge in [0.05, 0.1) is 0 Å². The van der Waals surface area contributed by atoms with E-state index in [1.807, 2.05) is 30.3 Å². The Morgan fingerprint density at radius 3 is 2.62 bits per heavy atom. The van der Waals surface area contributed by atoms with E-state index in [9.17, 15) is 4.79 Å². The van der Waals surface area contributed by atoms with E-state index in [0.29, 0.717) is 19.4 Å². The third-order valence-electron chi connectivity index (χ3n) is 3.07. The summed E-state index contributed by atoms with van der Waals surface area (Å²) in [7, 11) is 0. The highest BCUT2D eigenvalue weighted by Gasteiger charge is 2.20. The van der Waals surface area contributed by atoms with Gasteiger partial charge in [0.1, 0.15) is 0 Å². The van der Waals surface area contributed by atoms with E-state index in [0.717, 1.165) is 24.8 Å². The molecule has 0 spiro atoms. The number of benzene rings is 1. The Morgan fingerprint density at radius 2 is 1.94 bits per heavy atom. The first-order valence-electron chi connectivity index (χ1n) is 6.53. The number of amides is 1. The average Bonchev–Trinajstić information content (AvgIpc) is 2.38. The van der Waals surface area contributed by atoms with Crippen LogP contribution in [0.15, 0.2) is 30.3 Å². The summed E-state index contributed by atoms with van der Waals surface area (Å²) in [5.74, 6) is -0.992. The summed E-state index contributed by atoms with van der Waals surface area (Å²) in [4.78, 5) is 12.0. The lowest BCUT2D eigenvalue weighted by molar-refractivity contribution is -0.126. The standard InChI is InChI=1S/C14H19NO/c16-14(13-9-5-2-6-10-13)15-11-12-7-3-1-4-8-12/h1,3-4,7-8,13H,2,5-6,9-11H2,(H,15,16)/i13D. The van der Waals surface area contributed by atoms with E-state index in [1.165, 1.54) is 0 Å². The van der Waals surface area contributed by atoms with Gasteiger partial charge in [-0.3, -0.25) is 4.79 Å². The molecule has 1 aliphatic rings. The predicted octanol–water partition coefficient (Wildman–Crippen LogP) is 2.88. The molecule has 0 aliphatic heterocycles. The maximum absolute atomic E-state index is 12.0. The summed E-state index contributed by atoms with van der Waals surface area (Å²) < 4.78 is 8.18. The van der Waals surface area contributed by atoms with E-state index in [2.05, 4.69) is 5.32 Å². The van der Waals surface area contributed by atoms with Gasteiger partial charge in [-0.25, -0.2) is 0 Å². The second-order valence-electron chi connectivity index (χ2n) is 4.33. The summed E-state index contributed by atoms with van der Waals surface area (Å²) in [5, 5.41) is 2.88. The number of hydrogen-bond acceptors (Lipinski definition) is 1. The maximum Gasteiger partial charge on any atom is 0.223 e. The molecule has 1 N–H and O–H groups in total. The van der Waals surface area contributed by atoms with Crippen molar-refractivity contribution >= 4 is 5.91 Å². The normalized spacial score (nSPS) is 19.9. The molecule has 86 valence electrons. The molecule has 0 aromatic heterocycles. The van der Waals surface area contributed by atoms with E-state index in [-0.39, 0.29) is 5.91 Å². The Kier molecular flexibility index (Phi) is 3.51. The van der Waals surface area contributed by atoms with Crippen molar-refractivity contribution in [2.45, 2.75) is 38.6 Å². The predicted molar refractivity (Wildman–Crippen MR) is 64.9 cm³/mol. The average molecular weight is 218 g/mol. The molecule has 1 amide bonds. The molecule has 2 rings (SSSR count). The Hall–Kier alpha value is -1.31. The largest absolute Gasteiger partial charge is 0.352 e. The third kappa shape index (κ3) is 3.09. The molecule has 0 atom stereocenters. The van der Waals surface area contributed by atoms with Crippen LogP contribution in [0.3, 0.4) is 0 Å². The van der Waals surface area contributed by atoms with E-state index in [4.69, 9.17) is 1.37 Å². The van der Waals surface area contributed by atoms with Crippen LogP contribution in [-0.2, 0) is 11.3 Å². The molecule has 0 radical (unpaired) electrons. The highest BCUT2D eigenvalue weighted by atomic mass is 16.1. The van der Waals surface area contributed by atoms with Crippen LogP contribution in [0, 0.1) is 5.89 Å². The number of carbonyl (C=O) groups excluding carboxylic acids is 1. The van der Waals surface area contributed by atoms with Gasteiger partial charge in [-0.2, -0.15) is 0 Å². The van der Waals surface area contributed by atoms with Crippen LogP contribution in [0.2, 0.25) is 0 Å². The second-order valence-corrected chi connectivity index (χ2v) is 4.33. The van der Waals surface area contributed by atoms with E-state index in [1.54, 1.807) is 0 Å². The number of hydrogen-bond donors (Lipinski definition) is 1. The summed E-state index contributed by atoms with van der Waals surface area (Å²) >= 11 is 0. The smallest absolute Gasteiger partial charge is 0.223 e. The fourth-order valence-corrected chi connectivity index (χ4v) is 2.11. The molecule has 0 unspecified atom stereocenters. The molecule has 2 heteroatoms. The zero-order chi connectivity index (χ0) is 12.1. The van der Waals surface area contributed by atoms with Gasteiger partial charge in [0.2, 0.25) is 5.91 Å². The molecule has 0 bridgehead atoms. The SMILES string of the molecule is [2H]C1(C(=O)NCc2ccccc2)CCCCC1. The van der Waals surface area contributed by atoms with E-state index < -0.39 is 5.89 Å². The van der Waals surface area contributed by atoms with Crippen molar-refractivity contribution < 1.29 is 6.17 Å². The van der Waals surface area contributed by atoms with Gasteiger partial charge < -0.3 is 5.32 Å². The van der Waals surface area contributed by atoms with Crippen LogP contribution in [0.4, 0.5) is 0 Å². The minimum Gasteiger partial charge on any atom is -0.352 e. The van der Waals surface area contributed by atoms with Crippen molar-refractivity contribution in [3.63, 3.8) is 0 Å². The van der Waals surface area contributed by atoms with Gasteiger partial charge in [0.15, 0.2) is 0 Å². The van der Waals surface area contributed by atoms with Crippen molar-refractivity contribution in [3.8, 4) is 0 Å². The van der Waals surface area contributed by atoms with Gasteiger partial charge in [-0.05, 0) is 18.4 Å². The maximum atomic E-state index is 12.0. The van der Waals surface area contributed by atoms with Gasteiger partial charge in [-0.15, -0.1) is 0 Å². The lowest BCUT2D eigenvalue weighted by Crippen LogP contribution is -2.31. The fraction of sp³-hybridized carbons (Fsp3) is 0.500. The summed E-state index contributed by atoms with van der Waals surface area (Å²) in [5.41, 5.74) is 1.08. The zero-order valence-electron chi connectivity index (χ0n) is 10.5. The molecule has 0 heterocycles. The van der Waals surface area contributed by atoms with E-state index >= 15 is 0 Å². The lowest BCUT2D eigenvalue weighted by atomic mass is 9.88. The van der Waals surface area contributed by atoms with Gasteiger partial charge in [-0.1, -0.05) is 49.6 Å². The van der Waals surface area contributed by atoms with Crippen LogP contribution in [0.1, 0.15) is 39.0 Å². The first-order valence-corrected chi connectivity index (χ1v) is 6.03. The Bertz CT molecular complexity index is 371. The number of carbonyl (C=O) groups is 1. The zero-order valence-corrected chi connectivity index (χ0v) is 9.54. The van der Waals surface area contributed by atoms with Crippen molar-refractivity contribution in [3.05, 3.63) is 35.9 Å². The molecule has 2 nitrogen and oxygen atoms in total. The molecular weight excluding hydrogens is 198 g/mol. The number of rotatable bonds is 3. The number of nitrogens with one attached hydrogen (secondary N) is 1. The van der Waals surface area contributed by atoms with Crippen molar-refractivity contribution in [2.75, 3.05) is 0 Å². The molecule has 1 fully saturated rings. The Labute approximate surface area is 98.5 Å². The van der Waals surface area contributed by atoms with Crippen LogP contribution in [-0.4, -0.2) is 5.91 Å². The summed E-state index contributed by atoms with van der Waals surface area (Å²) in [6, 6.07) is 9.84. The quantitative estimate of drug-likeness (QED) is 0.830. The molecule has 0 saturated heterocycles.